The number of methoxy groups -OCH3 is 1. The van der Waals surface area contributed by atoms with Crippen molar-refractivity contribution < 1.29 is 9.53 Å². The Hall–Kier alpha value is -1.81. The van der Waals surface area contributed by atoms with E-state index in [1.807, 2.05) is 0 Å². The van der Waals surface area contributed by atoms with Crippen molar-refractivity contribution >= 4 is 22.3 Å². The molecule has 1 heterocycles. The molecule has 2 aromatic rings. The minimum Gasteiger partial charge on any atom is -0.465 e. The molecule has 1 aromatic carbocycles. The number of carbonyl (C=O) groups excluding carboxylic acids is 1. The van der Waals surface area contributed by atoms with Crippen molar-refractivity contribution in [3.63, 3.8) is 0 Å². The number of nitrogens with one attached hydrogen (secondary N) is 1. The van der Waals surface area contributed by atoms with Crippen LogP contribution in [0.3, 0.4) is 0 Å². The summed E-state index contributed by atoms with van der Waals surface area (Å²) < 4.78 is 5.00. The van der Waals surface area contributed by atoms with Gasteiger partial charge in [0.25, 0.3) is 0 Å². The van der Waals surface area contributed by atoms with E-state index in [0.29, 0.717) is 0 Å². The van der Waals surface area contributed by atoms with Gasteiger partial charge in [-0.25, -0.2) is 4.79 Å². The molecule has 0 spiro atoms. The summed E-state index contributed by atoms with van der Waals surface area (Å²) in [6.45, 7) is 2.82. The third-order valence-electron chi connectivity index (χ3n) is 4.10. The molecule has 1 aliphatic rings. The topological polar surface area (TPSA) is 38.3 Å². The Bertz CT molecular complexity index is 690. The summed E-state index contributed by atoms with van der Waals surface area (Å²) in [5, 5.41) is 4.41. The number of hydrogen-bond acceptors (Lipinski definition) is 4. The molecule has 0 unspecified atom stereocenters. The Balaban J connectivity index is 1.86. The van der Waals surface area contributed by atoms with Crippen LogP contribution >= 0.6 is 11.3 Å². The van der Waals surface area contributed by atoms with Crippen LogP contribution < -0.4 is 5.32 Å². The van der Waals surface area contributed by atoms with E-state index in [-0.39, 0.29) is 5.97 Å². The van der Waals surface area contributed by atoms with Gasteiger partial charge < -0.3 is 10.1 Å². The molecule has 0 atom stereocenters. The fourth-order valence-corrected chi connectivity index (χ4v) is 4.29. The quantitative estimate of drug-likeness (QED) is 0.853. The maximum Gasteiger partial charge on any atom is 0.341 e. The number of hydrogen-bond donors (Lipinski definition) is 1. The first kappa shape index (κ1) is 15.1. The van der Waals surface area contributed by atoms with Crippen LogP contribution in [0, 0.1) is 6.92 Å². The van der Waals surface area contributed by atoms with Crippen LogP contribution in [-0.2, 0) is 24.1 Å². The van der Waals surface area contributed by atoms with Gasteiger partial charge in [0.2, 0.25) is 0 Å². The summed E-state index contributed by atoms with van der Waals surface area (Å²) >= 11 is 1.72. The molecule has 1 aliphatic carbocycles. The first-order valence-corrected chi connectivity index (χ1v) is 8.53. The van der Waals surface area contributed by atoms with Crippen LogP contribution in [0.1, 0.15) is 44.8 Å². The standard InChI is InChI=1S/C18H21NO2S/c1-12-6-5-7-13(10-12)11-19-17-16(18(20)21-2)14-8-3-4-9-15(14)22-17/h5-7,10,19H,3-4,8-9,11H2,1-2H3. The molecule has 3 rings (SSSR count). The molecule has 116 valence electrons. The minimum absolute atomic E-state index is 0.217. The number of benzene rings is 1. The predicted octanol–water partition coefficient (Wildman–Crippen LogP) is 4.33. The molecule has 0 saturated heterocycles. The van der Waals surface area contributed by atoms with E-state index in [1.165, 1.54) is 35.1 Å². The van der Waals surface area contributed by atoms with Crippen molar-refractivity contribution in [1.29, 1.82) is 0 Å². The third-order valence-corrected chi connectivity index (χ3v) is 5.35. The number of ether oxygens (including phenoxy) is 1. The number of aryl methyl sites for hydroxylation is 2. The molecule has 1 aromatic heterocycles. The third kappa shape index (κ3) is 3.02. The molecule has 1 N–H and O–H groups in total. The van der Waals surface area contributed by atoms with Crippen molar-refractivity contribution in [2.45, 2.75) is 39.2 Å². The molecular weight excluding hydrogens is 294 g/mol. The van der Waals surface area contributed by atoms with Crippen molar-refractivity contribution in [2.24, 2.45) is 0 Å². The summed E-state index contributed by atoms with van der Waals surface area (Å²) in [7, 11) is 1.46. The zero-order chi connectivity index (χ0) is 15.5. The highest BCUT2D eigenvalue weighted by Gasteiger charge is 2.25. The first-order valence-electron chi connectivity index (χ1n) is 7.71. The van der Waals surface area contributed by atoms with E-state index >= 15 is 0 Å². The fourth-order valence-electron chi connectivity index (χ4n) is 3.01. The van der Waals surface area contributed by atoms with E-state index in [0.717, 1.165) is 36.4 Å². The van der Waals surface area contributed by atoms with Gasteiger partial charge in [0.15, 0.2) is 0 Å². The maximum absolute atomic E-state index is 12.2. The Kier molecular flexibility index (Phi) is 4.48. The number of rotatable bonds is 4. The van der Waals surface area contributed by atoms with E-state index < -0.39 is 0 Å². The van der Waals surface area contributed by atoms with E-state index in [1.54, 1.807) is 11.3 Å². The zero-order valence-corrected chi connectivity index (χ0v) is 13.9. The maximum atomic E-state index is 12.2. The predicted molar refractivity (Wildman–Crippen MR) is 90.8 cm³/mol. The molecule has 3 nitrogen and oxygen atoms in total. The Morgan fingerprint density at radius 2 is 2.14 bits per heavy atom. The van der Waals surface area contributed by atoms with E-state index in [2.05, 4.69) is 36.5 Å². The monoisotopic (exact) mass is 315 g/mol. The lowest BCUT2D eigenvalue weighted by Crippen LogP contribution is -2.10. The second-order valence-corrected chi connectivity index (χ2v) is 6.85. The highest BCUT2D eigenvalue weighted by atomic mass is 32.1. The van der Waals surface area contributed by atoms with Crippen LogP contribution in [0.4, 0.5) is 5.00 Å². The fraction of sp³-hybridized carbons (Fsp3) is 0.389. The summed E-state index contributed by atoms with van der Waals surface area (Å²) in [4.78, 5) is 13.5. The molecule has 22 heavy (non-hydrogen) atoms. The largest absolute Gasteiger partial charge is 0.465 e. The van der Waals surface area contributed by atoms with Crippen LogP contribution in [0.15, 0.2) is 24.3 Å². The molecule has 0 bridgehead atoms. The average Bonchev–Trinajstić information content (AvgIpc) is 2.90. The van der Waals surface area contributed by atoms with E-state index in [4.69, 9.17) is 4.74 Å². The van der Waals surface area contributed by atoms with Gasteiger partial charge in [-0.05, 0) is 43.7 Å². The molecule has 0 saturated carbocycles. The van der Waals surface area contributed by atoms with Gasteiger partial charge in [0, 0.05) is 11.4 Å². The number of carbonyl (C=O) groups is 1. The van der Waals surface area contributed by atoms with Crippen molar-refractivity contribution in [2.75, 3.05) is 12.4 Å². The normalized spacial score (nSPS) is 13.5. The lowest BCUT2D eigenvalue weighted by Gasteiger charge is -2.12. The Labute approximate surface area is 135 Å². The van der Waals surface area contributed by atoms with Crippen LogP contribution in [0.25, 0.3) is 0 Å². The summed E-state index contributed by atoms with van der Waals surface area (Å²) in [6.07, 6.45) is 4.44. The molecule has 0 fully saturated rings. The highest BCUT2D eigenvalue weighted by molar-refractivity contribution is 7.16. The molecule has 4 heteroatoms. The van der Waals surface area contributed by atoms with Gasteiger partial charge in [-0.3, -0.25) is 0 Å². The highest BCUT2D eigenvalue weighted by Crippen LogP contribution is 2.38. The lowest BCUT2D eigenvalue weighted by molar-refractivity contribution is 0.0601. The zero-order valence-electron chi connectivity index (χ0n) is 13.1. The van der Waals surface area contributed by atoms with E-state index in [9.17, 15) is 4.79 Å². The van der Waals surface area contributed by atoms with Crippen LogP contribution in [0.5, 0.6) is 0 Å². The van der Waals surface area contributed by atoms with Crippen molar-refractivity contribution in [3.05, 3.63) is 51.4 Å². The van der Waals surface area contributed by atoms with Gasteiger partial charge in [-0.2, -0.15) is 0 Å². The van der Waals surface area contributed by atoms with Gasteiger partial charge in [0.1, 0.15) is 5.00 Å². The number of esters is 1. The lowest BCUT2D eigenvalue weighted by atomic mass is 9.95. The van der Waals surface area contributed by atoms with Crippen LogP contribution in [0.2, 0.25) is 0 Å². The molecule has 0 radical (unpaired) electrons. The summed E-state index contributed by atoms with van der Waals surface area (Å²) in [5.41, 5.74) is 4.44. The van der Waals surface area contributed by atoms with Crippen molar-refractivity contribution in [3.8, 4) is 0 Å². The second-order valence-electron chi connectivity index (χ2n) is 5.75. The Morgan fingerprint density at radius 3 is 2.91 bits per heavy atom. The number of fused-ring (bicyclic) bond motifs is 1. The SMILES string of the molecule is COC(=O)c1c(NCc2cccc(C)c2)sc2c1CCCC2. The summed E-state index contributed by atoms with van der Waals surface area (Å²) in [5.74, 6) is -0.217. The Morgan fingerprint density at radius 1 is 1.32 bits per heavy atom. The van der Waals surface area contributed by atoms with Crippen molar-refractivity contribution in [1.82, 2.24) is 0 Å². The van der Waals surface area contributed by atoms with Crippen LogP contribution in [-0.4, -0.2) is 13.1 Å². The summed E-state index contributed by atoms with van der Waals surface area (Å²) in [6, 6.07) is 8.42. The van der Waals surface area contributed by atoms with Gasteiger partial charge >= 0.3 is 5.97 Å². The number of thiophene rings is 1. The number of anilines is 1. The van der Waals surface area contributed by atoms with Gasteiger partial charge in [-0.15, -0.1) is 11.3 Å². The smallest absolute Gasteiger partial charge is 0.341 e. The first-order chi connectivity index (χ1) is 10.7. The molecule has 0 amide bonds. The minimum atomic E-state index is -0.217. The second kappa shape index (κ2) is 6.53. The molecular formula is C18H21NO2S. The molecule has 0 aliphatic heterocycles. The van der Waals surface area contributed by atoms with Gasteiger partial charge in [0.05, 0.1) is 12.7 Å². The van der Waals surface area contributed by atoms with Gasteiger partial charge in [-0.1, -0.05) is 29.8 Å². The average molecular weight is 315 g/mol.